The molecular weight excluding hydrogens is 416 g/mol. The van der Waals surface area contributed by atoms with Crippen LogP contribution in [0.3, 0.4) is 0 Å². The maximum atomic E-state index is 12.7. The molecule has 0 saturated heterocycles. The number of hydrogen-bond acceptors (Lipinski definition) is 5. The van der Waals surface area contributed by atoms with E-state index >= 15 is 0 Å². The summed E-state index contributed by atoms with van der Waals surface area (Å²) in [7, 11) is 0. The summed E-state index contributed by atoms with van der Waals surface area (Å²) in [5.41, 5.74) is 1.27. The number of rotatable bonds is 10. The first-order valence-electron chi connectivity index (χ1n) is 12.7. The number of hydrogen-bond donors (Lipinski definition) is 1. The molecule has 2 aliphatic rings. The van der Waals surface area contributed by atoms with E-state index in [9.17, 15) is 14.7 Å². The Morgan fingerprint density at radius 2 is 1.67 bits per heavy atom. The van der Waals surface area contributed by atoms with Crippen molar-refractivity contribution in [3.8, 4) is 5.75 Å². The predicted molar refractivity (Wildman–Crippen MR) is 129 cm³/mol. The van der Waals surface area contributed by atoms with Gasteiger partial charge in [0.15, 0.2) is 12.4 Å². The van der Waals surface area contributed by atoms with E-state index in [0.717, 1.165) is 43.4 Å². The van der Waals surface area contributed by atoms with E-state index in [4.69, 9.17) is 9.47 Å². The van der Waals surface area contributed by atoms with Gasteiger partial charge in [0.2, 0.25) is 0 Å². The zero-order valence-corrected chi connectivity index (χ0v) is 20.3. The Kier molecular flexibility index (Phi) is 9.54. The third kappa shape index (κ3) is 7.17. The van der Waals surface area contributed by atoms with Gasteiger partial charge in [-0.3, -0.25) is 4.79 Å². The molecule has 1 aromatic rings. The zero-order valence-electron chi connectivity index (χ0n) is 20.3. The molecule has 3 rings (SSSR count). The SMILES string of the molecule is C=C(C)C(=O)COc1ccc(C(=O)OC2CCC(C3CCC(CCC)CC3)CC2)cc1CO. The van der Waals surface area contributed by atoms with Crippen molar-refractivity contribution in [1.29, 1.82) is 0 Å². The van der Waals surface area contributed by atoms with Gasteiger partial charge in [-0.15, -0.1) is 0 Å². The van der Waals surface area contributed by atoms with Gasteiger partial charge in [0, 0.05) is 5.56 Å². The van der Waals surface area contributed by atoms with Crippen molar-refractivity contribution in [2.75, 3.05) is 6.61 Å². The highest BCUT2D eigenvalue weighted by atomic mass is 16.5. The number of carbonyl (C=O) groups is 2. The maximum absolute atomic E-state index is 12.7. The highest BCUT2D eigenvalue weighted by molar-refractivity contribution is 5.95. The quantitative estimate of drug-likeness (QED) is 0.344. The van der Waals surface area contributed by atoms with Crippen molar-refractivity contribution < 1.29 is 24.2 Å². The van der Waals surface area contributed by atoms with Crippen LogP contribution < -0.4 is 4.74 Å². The summed E-state index contributed by atoms with van der Waals surface area (Å²) in [6.45, 7) is 7.09. The van der Waals surface area contributed by atoms with Crippen LogP contribution in [0.2, 0.25) is 0 Å². The number of ketones is 1. The molecule has 0 radical (unpaired) electrons. The Balaban J connectivity index is 1.47. The standard InChI is InChI=1S/C28H40O5/c1-4-5-20-6-8-21(9-7-20)22-10-13-25(14-11-22)33-28(31)23-12-15-27(24(16-23)17-29)32-18-26(30)19(2)3/h12,15-16,20-22,25,29H,2,4-11,13-14,17-18H2,1,3H3. The molecule has 5 heteroatoms. The first-order valence-corrected chi connectivity index (χ1v) is 12.7. The molecule has 1 N–H and O–H groups in total. The lowest BCUT2D eigenvalue weighted by Crippen LogP contribution is -2.29. The summed E-state index contributed by atoms with van der Waals surface area (Å²) in [5.74, 6) is 2.39. The number of esters is 1. The Labute approximate surface area is 198 Å². The van der Waals surface area contributed by atoms with Crippen LogP contribution in [-0.2, 0) is 16.1 Å². The van der Waals surface area contributed by atoms with E-state index in [2.05, 4.69) is 13.5 Å². The summed E-state index contributed by atoms with van der Waals surface area (Å²) < 4.78 is 11.3. The van der Waals surface area contributed by atoms with Crippen LogP contribution in [0.5, 0.6) is 5.75 Å². The van der Waals surface area contributed by atoms with Crippen molar-refractivity contribution in [3.63, 3.8) is 0 Å². The smallest absolute Gasteiger partial charge is 0.338 e. The fourth-order valence-electron chi connectivity index (χ4n) is 5.49. The molecule has 0 heterocycles. The van der Waals surface area contributed by atoms with Gasteiger partial charge in [-0.1, -0.05) is 39.2 Å². The first-order chi connectivity index (χ1) is 15.9. The summed E-state index contributed by atoms with van der Waals surface area (Å²) in [5, 5.41) is 9.69. The molecule has 2 fully saturated rings. The fourth-order valence-corrected chi connectivity index (χ4v) is 5.49. The summed E-state index contributed by atoms with van der Waals surface area (Å²) in [6, 6.07) is 4.82. The number of Topliss-reactive ketones (excluding diaryl/α,β-unsaturated/α-hetero) is 1. The van der Waals surface area contributed by atoms with Crippen LogP contribution in [-0.4, -0.2) is 29.6 Å². The second kappa shape index (κ2) is 12.4. The third-order valence-electron chi connectivity index (χ3n) is 7.55. The number of benzene rings is 1. The molecule has 2 saturated carbocycles. The van der Waals surface area contributed by atoms with Gasteiger partial charge in [0.1, 0.15) is 11.9 Å². The van der Waals surface area contributed by atoms with Crippen molar-refractivity contribution in [1.82, 2.24) is 0 Å². The Hall–Kier alpha value is -2.14. The molecule has 0 aromatic heterocycles. The number of carbonyl (C=O) groups excluding carboxylic acids is 2. The number of aliphatic hydroxyl groups excluding tert-OH is 1. The predicted octanol–water partition coefficient (Wildman–Crippen LogP) is 6.03. The molecule has 0 bridgehead atoms. The van der Waals surface area contributed by atoms with Crippen molar-refractivity contribution in [2.24, 2.45) is 17.8 Å². The van der Waals surface area contributed by atoms with Gasteiger partial charge in [0.05, 0.1) is 12.2 Å². The van der Waals surface area contributed by atoms with Gasteiger partial charge in [0.25, 0.3) is 0 Å². The molecule has 0 aliphatic heterocycles. The van der Waals surface area contributed by atoms with Crippen LogP contribution >= 0.6 is 0 Å². The molecule has 0 unspecified atom stereocenters. The van der Waals surface area contributed by atoms with Crippen LogP contribution in [0, 0.1) is 17.8 Å². The minimum atomic E-state index is -0.363. The molecule has 182 valence electrons. The van der Waals surface area contributed by atoms with Crippen molar-refractivity contribution >= 4 is 11.8 Å². The van der Waals surface area contributed by atoms with Gasteiger partial charge in [-0.25, -0.2) is 4.79 Å². The summed E-state index contributed by atoms with van der Waals surface area (Å²) >= 11 is 0. The van der Waals surface area contributed by atoms with Crippen LogP contribution in [0.15, 0.2) is 30.4 Å². The number of ether oxygens (including phenoxy) is 2. The van der Waals surface area contributed by atoms with Gasteiger partial charge >= 0.3 is 5.97 Å². The lowest BCUT2D eigenvalue weighted by atomic mass is 9.70. The Bertz CT molecular complexity index is 814. The first kappa shape index (κ1) is 25.5. The van der Waals surface area contributed by atoms with Gasteiger partial charge < -0.3 is 14.6 Å². The van der Waals surface area contributed by atoms with Gasteiger partial charge in [-0.2, -0.15) is 0 Å². The highest BCUT2D eigenvalue weighted by Crippen LogP contribution is 2.41. The Morgan fingerprint density at radius 3 is 2.24 bits per heavy atom. The monoisotopic (exact) mass is 456 g/mol. The topological polar surface area (TPSA) is 72.8 Å². The lowest BCUT2D eigenvalue weighted by Gasteiger charge is -2.37. The Morgan fingerprint density at radius 1 is 1.03 bits per heavy atom. The van der Waals surface area contributed by atoms with Crippen molar-refractivity contribution in [3.05, 3.63) is 41.5 Å². The molecule has 1 aromatic carbocycles. The van der Waals surface area contributed by atoms with E-state index in [1.54, 1.807) is 25.1 Å². The van der Waals surface area contributed by atoms with E-state index in [-0.39, 0.29) is 31.1 Å². The zero-order chi connectivity index (χ0) is 23.8. The largest absolute Gasteiger partial charge is 0.485 e. The summed E-state index contributed by atoms with van der Waals surface area (Å²) in [6.07, 6.45) is 12.3. The van der Waals surface area contributed by atoms with Crippen LogP contribution in [0.4, 0.5) is 0 Å². The highest BCUT2D eigenvalue weighted by Gasteiger charge is 2.32. The molecular formula is C28H40O5. The van der Waals surface area contributed by atoms with E-state index in [1.807, 2.05) is 0 Å². The molecule has 33 heavy (non-hydrogen) atoms. The molecule has 0 amide bonds. The molecule has 2 aliphatic carbocycles. The molecule has 0 atom stereocenters. The second-order valence-corrected chi connectivity index (χ2v) is 9.98. The molecule has 0 spiro atoms. The minimum absolute atomic E-state index is 0.0353. The normalized spacial score (nSPS) is 25.3. The van der Waals surface area contributed by atoms with E-state index in [1.165, 1.54) is 38.5 Å². The number of aliphatic hydroxyl groups is 1. The van der Waals surface area contributed by atoms with Crippen molar-refractivity contribution in [2.45, 2.75) is 90.8 Å². The van der Waals surface area contributed by atoms with E-state index in [0.29, 0.717) is 22.4 Å². The lowest BCUT2D eigenvalue weighted by molar-refractivity contribution is -0.117. The maximum Gasteiger partial charge on any atom is 0.338 e. The van der Waals surface area contributed by atoms with Crippen LogP contribution in [0.25, 0.3) is 0 Å². The van der Waals surface area contributed by atoms with Crippen LogP contribution in [0.1, 0.15) is 94.0 Å². The molecule has 5 nitrogen and oxygen atoms in total. The average molecular weight is 457 g/mol. The van der Waals surface area contributed by atoms with E-state index < -0.39 is 0 Å². The summed E-state index contributed by atoms with van der Waals surface area (Å²) in [4.78, 5) is 24.4. The fraction of sp³-hybridized carbons (Fsp3) is 0.643. The van der Waals surface area contributed by atoms with Gasteiger partial charge in [-0.05, 0) is 87.0 Å². The average Bonchev–Trinajstić information content (AvgIpc) is 2.83. The minimum Gasteiger partial charge on any atom is -0.485 e. The second-order valence-electron chi connectivity index (χ2n) is 9.98. The third-order valence-corrected chi connectivity index (χ3v) is 7.55.